The van der Waals surface area contributed by atoms with E-state index in [2.05, 4.69) is 61.1 Å². The van der Waals surface area contributed by atoms with Crippen LogP contribution in [0.15, 0.2) is 28.7 Å². The molecule has 0 saturated heterocycles. The molecule has 1 aromatic rings. The van der Waals surface area contributed by atoms with Gasteiger partial charge >= 0.3 is 0 Å². The van der Waals surface area contributed by atoms with Crippen molar-refractivity contribution in [2.24, 2.45) is 17.8 Å². The maximum absolute atomic E-state index is 12.6. The van der Waals surface area contributed by atoms with E-state index in [-0.39, 0.29) is 11.3 Å². The molecule has 0 radical (unpaired) electrons. The van der Waals surface area contributed by atoms with Gasteiger partial charge in [-0.3, -0.25) is 4.79 Å². The second-order valence-corrected chi connectivity index (χ2v) is 7.87. The van der Waals surface area contributed by atoms with Crippen molar-refractivity contribution >= 4 is 21.8 Å². The number of hydrogen-bond acceptors (Lipinski definition) is 1. The third-order valence-electron chi connectivity index (χ3n) is 4.79. The van der Waals surface area contributed by atoms with Crippen molar-refractivity contribution in [1.82, 2.24) is 5.32 Å². The number of rotatable bonds is 6. The lowest BCUT2D eigenvalue weighted by molar-refractivity contribution is -0.123. The van der Waals surface area contributed by atoms with Gasteiger partial charge in [0.2, 0.25) is 5.91 Å². The number of amides is 1. The Kier molecular flexibility index (Phi) is 5.13. The van der Waals surface area contributed by atoms with Gasteiger partial charge in [-0.15, -0.1) is 0 Å². The molecule has 1 amide bonds. The molecule has 3 heteroatoms. The quantitative estimate of drug-likeness (QED) is 0.801. The van der Waals surface area contributed by atoms with Crippen molar-refractivity contribution in [3.63, 3.8) is 0 Å². The van der Waals surface area contributed by atoms with E-state index in [4.69, 9.17) is 0 Å². The van der Waals surface area contributed by atoms with Crippen LogP contribution in [0, 0.1) is 17.8 Å². The fraction of sp³-hybridized carbons (Fsp3) is 0.611. The Morgan fingerprint density at radius 2 is 1.67 bits per heavy atom. The van der Waals surface area contributed by atoms with Crippen LogP contribution in [0.5, 0.6) is 0 Å². The highest BCUT2D eigenvalue weighted by Crippen LogP contribution is 2.48. The number of halogens is 1. The van der Waals surface area contributed by atoms with Gasteiger partial charge in [0, 0.05) is 11.0 Å². The molecule has 2 rings (SSSR count). The molecule has 1 aliphatic rings. The minimum atomic E-state index is -0.265. The van der Waals surface area contributed by atoms with E-state index in [1.54, 1.807) is 0 Å². The van der Waals surface area contributed by atoms with E-state index >= 15 is 0 Å². The molecule has 116 valence electrons. The van der Waals surface area contributed by atoms with Crippen LogP contribution in [0.4, 0.5) is 0 Å². The molecule has 0 aliphatic heterocycles. The van der Waals surface area contributed by atoms with Crippen LogP contribution in [-0.4, -0.2) is 12.5 Å². The van der Waals surface area contributed by atoms with Crippen LogP contribution < -0.4 is 5.32 Å². The van der Waals surface area contributed by atoms with Crippen LogP contribution in [-0.2, 0) is 10.2 Å². The van der Waals surface area contributed by atoms with Crippen LogP contribution in [0.1, 0.15) is 46.1 Å². The van der Waals surface area contributed by atoms with Crippen molar-refractivity contribution in [3.8, 4) is 0 Å². The number of nitrogens with one attached hydrogen (secondary N) is 1. The molecule has 0 bridgehead atoms. The molecule has 0 spiro atoms. The Morgan fingerprint density at radius 3 is 2.10 bits per heavy atom. The summed E-state index contributed by atoms with van der Waals surface area (Å²) in [5.74, 6) is 1.92. The van der Waals surface area contributed by atoms with E-state index in [9.17, 15) is 4.79 Å². The van der Waals surface area contributed by atoms with Crippen molar-refractivity contribution in [1.29, 1.82) is 0 Å². The first-order valence-electron chi connectivity index (χ1n) is 7.91. The number of benzene rings is 1. The smallest absolute Gasteiger partial charge is 0.230 e. The summed E-state index contributed by atoms with van der Waals surface area (Å²) in [5.41, 5.74) is 0.882. The molecule has 0 atom stereocenters. The summed E-state index contributed by atoms with van der Waals surface area (Å²) in [5, 5.41) is 3.21. The van der Waals surface area contributed by atoms with Crippen LogP contribution in [0.2, 0.25) is 0 Å². The van der Waals surface area contributed by atoms with Crippen molar-refractivity contribution in [2.75, 3.05) is 6.54 Å². The summed E-state index contributed by atoms with van der Waals surface area (Å²) in [7, 11) is 0. The summed E-state index contributed by atoms with van der Waals surface area (Å²) >= 11 is 3.45. The first-order chi connectivity index (χ1) is 9.86. The van der Waals surface area contributed by atoms with E-state index in [1.807, 2.05) is 12.1 Å². The third-order valence-corrected chi connectivity index (χ3v) is 5.32. The Labute approximate surface area is 136 Å². The Bertz CT molecular complexity index is 480. The highest BCUT2D eigenvalue weighted by atomic mass is 79.9. The minimum Gasteiger partial charge on any atom is -0.355 e. The van der Waals surface area contributed by atoms with Gasteiger partial charge in [-0.05, 0) is 48.3 Å². The average molecular weight is 352 g/mol. The van der Waals surface area contributed by atoms with Crippen LogP contribution in [0.25, 0.3) is 0 Å². The summed E-state index contributed by atoms with van der Waals surface area (Å²) in [6, 6.07) is 8.18. The molecule has 1 aromatic carbocycles. The molecule has 0 heterocycles. The van der Waals surface area contributed by atoms with Crippen molar-refractivity contribution in [2.45, 2.75) is 46.0 Å². The minimum absolute atomic E-state index is 0.205. The zero-order chi connectivity index (χ0) is 15.6. The average Bonchev–Trinajstić information content (AvgIpc) is 3.20. The highest BCUT2D eigenvalue weighted by Gasteiger charge is 2.51. The molecular formula is C18H26BrNO. The summed E-state index contributed by atoms with van der Waals surface area (Å²) in [6.45, 7) is 9.72. The largest absolute Gasteiger partial charge is 0.355 e. The number of carbonyl (C=O) groups excluding carboxylic acids is 1. The number of carbonyl (C=O) groups is 1. The van der Waals surface area contributed by atoms with E-state index in [0.717, 1.165) is 29.4 Å². The highest BCUT2D eigenvalue weighted by molar-refractivity contribution is 9.10. The normalized spacial score (nSPS) is 16.6. The summed E-state index contributed by atoms with van der Waals surface area (Å²) < 4.78 is 1.06. The van der Waals surface area contributed by atoms with E-state index < -0.39 is 0 Å². The van der Waals surface area contributed by atoms with Gasteiger partial charge in [-0.25, -0.2) is 0 Å². The lowest BCUT2D eigenvalue weighted by Crippen LogP contribution is -2.39. The molecule has 1 saturated carbocycles. The van der Waals surface area contributed by atoms with Gasteiger partial charge < -0.3 is 5.32 Å². The van der Waals surface area contributed by atoms with Gasteiger partial charge in [0.15, 0.2) is 0 Å². The molecule has 1 N–H and O–H groups in total. The molecular weight excluding hydrogens is 326 g/mol. The second kappa shape index (κ2) is 6.51. The maximum atomic E-state index is 12.6. The zero-order valence-corrected chi connectivity index (χ0v) is 15.0. The second-order valence-electron chi connectivity index (χ2n) is 6.95. The zero-order valence-electron chi connectivity index (χ0n) is 13.4. The lowest BCUT2D eigenvalue weighted by atomic mass is 9.85. The van der Waals surface area contributed by atoms with Crippen LogP contribution >= 0.6 is 15.9 Å². The maximum Gasteiger partial charge on any atom is 0.230 e. The molecule has 21 heavy (non-hydrogen) atoms. The molecule has 0 aromatic heterocycles. The number of hydrogen-bond donors (Lipinski definition) is 1. The SMILES string of the molecule is CC(C)C(CNC(=O)C1(c2ccc(Br)cc2)CC1)C(C)C. The first-order valence-corrected chi connectivity index (χ1v) is 8.70. The van der Waals surface area contributed by atoms with Crippen molar-refractivity contribution < 1.29 is 4.79 Å². The van der Waals surface area contributed by atoms with Crippen molar-refractivity contribution in [3.05, 3.63) is 34.3 Å². The standard InChI is InChI=1S/C18H26BrNO/c1-12(2)16(13(3)4)11-20-17(21)18(9-10-18)14-5-7-15(19)8-6-14/h5-8,12-13,16H,9-11H2,1-4H3,(H,20,21). The van der Waals surface area contributed by atoms with E-state index in [0.29, 0.717) is 17.8 Å². The Hall–Kier alpha value is -0.830. The monoisotopic (exact) mass is 351 g/mol. The summed E-state index contributed by atoms with van der Waals surface area (Å²) in [6.07, 6.45) is 1.93. The molecule has 0 unspecified atom stereocenters. The Balaban J connectivity index is 2.01. The predicted molar refractivity (Wildman–Crippen MR) is 91.2 cm³/mol. The molecule has 1 fully saturated rings. The fourth-order valence-corrected chi connectivity index (χ4v) is 3.43. The molecule has 1 aliphatic carbocycles. The molecule has 2 nitrogen and oxygen atoms in total. The van der Waals surface area contributed by atoms with Gasteiger partial charge in [-0.2, -0.15) is 0 Å². The fourth-order valence-electron chi connectivity index (χ4n) is 3.16. The predicted octanol–water partition coefficient (Wildman–Crippen LogP) is 4.53. The lowest BCUT2D eigenvalue weighted by Gasteiger charge is -2.26. The van der Waals surface area contributed by atoms with Gasteiger partial charge in [-0.1, -0.05) is 55.8 Å². The summed E-state index contributed by atoms with van der Waals surface area (Å²) in [4.78, 5) is 12.6. The first kappa shape index (κ1) is 16.5. The van der Waals surface area contributed by atoms with E-state index in [1.165, 1.54) is 0 Å². The van der Waals surface area contributed by atoms with Gasteiger partial charge in [0.1, 0.15) is 0 Å². The third kappa shape index (κ3) is 3.68. The Morgan fingerprint density at radius 1 is 1.14 bits per heavy atom. The van der Waals surface area contributed by atoms with Gasteiger partial charge in [0.05, 0.1) is 5.41 Å². The van der Waals surface area contributed by atoms with Gasteiger partial charge in [0.25, 0.3) is 0 Å². The van der Waals surface area contributed by atoms with Crippen LogP contribution in [0.3, 0.4) is 0 Å². The topological polar surface area (TPSA) is 29.1 Å².